The molecule has 0 radical (unpaired) electrons. The first-order chi connectivity index (χ1) is 7.27. The summed E-state index contributed by atoms with van der Waals surface area (Å²) in [5.41, 5.74) is 5.15. The van der Waals surface area contributed by atoms with Gasteiger partial charge in [-0.1, -0.05) is 0 Å². The molecule has 1 rings (SSSR count). The van der Waals surface area contributed by atoms with E-state index in [1.165, 1.54) is 0 Å². The van der Waals surface area contributed by atoms with Crippen LogP contribution in [0.5, 0.6) is 0 Å². The van der Waals surface area contributed by atoms with E-state index in [1.807, 2.05) is 0 Å². The van der Waals surface area contributed by atoms with Gasteiger partial charge >= 0.3 is 6.18 Å². The molecule has 1 amide bonds. The highest BCUT2D eigenvalue weighted by Crippen LogP contribution is 2.35. The minimum Gasteiger partial charge on any atom is -0.397 e. The summed E-state index contributed by atoms with van der Waals surface area (Å²) in [6.07, 6.45) is -4.60. The first kappa shape index (κ1) is 12.7. The highest BCUT2D eigenvalue weighted by molar-refractivity contribution is 9.10. The van der Waals surface area contributed by atoms with Crippen LogP contribution in [0.25, 0.3) is 0 Å². The third kappa shape index (κ3) is 2.42. The van der Waals surface area contributed by atoms with Crippen LogP contribution in [0.3, 0.4) is 0 Å². The zero-order chi connectivity index (χ0) is 12.5. The van der Waals surface area contributed by atoms with E-state index in [2.05, 4.69) is 20.9 Å². The second kappa shape index (κ2) is 4.26. The molecule has 0 spiro atoms. The van der Waals surface area contributed by atoms with E-state index in [1.54, 1.807) is 5.43 Å². The molecule has 1 aromatic rings. The van der Waals surface area contributed by atoms with Crippen LogP contribution < -0.4 is 17.0 Å². The minimum atomic E-state index is -4.60. The molecule has 0 unspecified atom stereocenters. The molecule has 0 atom stereocenters. The second-order valence-electron chi connectivity index (χ2n) is 2.74. The number of carbonyl (C=O) groups excluding carboxylic acids is 1. The third-order valence-corrected chi connectivity index (χ3v) is 2.26. The van der Waals surface area contributed by atoms with E-state index in [0.717, 1.165) is 0 Å². The predicted octanol–water partition coefficient (Wildman–Crippen LogP) is 1.05. The number of aromatic nitrogens is 1. The number of hydrazine groups is 1. The quantitative estimate of drug-likeness (QED) is 0.313. The Morgan fingerprint density at radius 2 is 2.06 bits per heavy atom. The maximum Gasteiger partial charge on any atom is 0.419 e. The van der Waals surface area contributed by atoms with Crippen LogP contribution in [0.15, 0.2) is 10.7 Å². The number of nitrogens with two attached hydrogens (primary N) is 2. The number of nitrogens with zero attached hydrogens (tertiary/aromatic N) is 1. The van der Waals surface area contributed by atoms with Crippen molar-refractivity contribution in [3.05, 3.63) is 21.9 Å². The van der Waals surface area contributed by atoms with Gasteiger partial charge in [-0.05, 0) is 22.0 Å². The fourth-order valence-electron chi connectivity index (χ4n) is 0.955. The van der Waals surface area contributed by atoms with Gasteiger partial charge in [0.15, 0.2) is 5.69 Å². The van der Waals surface area contributed by atoms with E-state index in [9.17, 15) is 18.0 Å². The SMILES string of the molecule is NNC(=O)c1nc(Br)c(C(F)(F)F)cc1N. The lowest BCUT2D eigenvalue weighted by molar-refractivity contribution is -0.138. The lowest BCUT2D eigenvalue weighted by Crippen LogP contribution is -2.31. The van der Waals surface area contributed by atoms with Gasteiger partial charge in [-0.2, -0.15) is 13.2 Å². The van der Waals surface area contributed by atoms with Crippen molar-refractivity contribution in [2.75, 3.05) is 5.73 Å². The Balaban J connectivity index is 3.33. The number of amides is 1. The average molecular weight is 299 g/mol. The largest absolute Gasteiger partial charge is 0.419 e. The van der Waals surface area contributed by atoms with Crippen molar-refractivity contribution in [1.82, 2.24) is 10.4 Å². The Kier molecular flexibility index (Phi) is 3.38. The minimum absolute atomic E-state index is 0.373. The van der Waals surface area contributed by atoms with Gasteiger partial charge in [0.05, 0.1) is 11.3 Å². The Labute approximate surface area is 96.1 Å². The molecule has 88 valence electrons. The van der Waals surface area contributed by atoms with E-state index in [0.29, 0.717) is 6.07 Å². The average Bonchev–Trinajstić information content (AvgIpc) is 2.18. The van der Waals surface area contributed by atoms with E-state index < -0.39 is 27.9 Å². The summed E-state index contributed by atoms with van der Waals surface area (Å²) in [6.45, 7) is 0. The Morgan fingerprint density at radius 3 is 2.50 bits per heavy atom. The molecule has 0 saturated carbocycles. The number of alkyl halides is 3. The fourth-order valence-corrected chi connectivity index (χ4v) is 1.47. The Bertz CT molecular complexity index is 434. The molecule has 5 nitrogen and oxygen atoms in total. The molecular weight excluding hydrogens is 293 g/mol. The first-order valence-corrected chi connectivity index (χ1v) is 4.60. The van der Waals surface area contributed by atoms with Crippen LogP contribution in [0.4, 0.5) is 18.9 Å². The fraction of sp³-hybridized carbons (Fsp3) is 0.143. The number of anilines is 1. The monoisotopic (exact) mass is 298 g/mol. The summed E-state index contributed by atoms with van der Waals surface area (Å²) in [7, 11) is 0. The number of pyridine rings is 1. The van der Waals surface area contributed by atoms with Crippen LogP contribution in [-0.2, 0) is 6.18 Å². The topological polar surface area (TPSA) is 94.0 Å². The van der Waals surface area contributed by atoms with Crippen LogP contribution >= 0.6 is 15.9 Å². The molecule has 1 heterocycles. The number of hydrogen-bond acceptors (Lipinski definition) is 4. The second-order valence-corrected chi connectivity index (χ2v) is 3.49. The van der Waals surface area contributed by atoms with E-state index in [-0.39, 0.29) is 5.69 Å². The molecule has 0 saturated heterocycles. The zero-order valence-electron chi connectivity index (χ0n) is 7.60. The third-order valence-electron chi connectivity index (χ3n) is 1.66. The van der Waals surface area contributed by atoms with Gasteiger partial charge in [0, 0.05) is 0 Å². The predicted molar refractivity (Wildman–Crippen MR) is 53.0 cm³/mol. The molecular formula is C7H6BrF3N4O. The van der Waals surface area contributed by atoms with Crippen molar-refractivity contribution in [1.29, 1.82) is 0 Å². The van der Waals surface area contributed by atoms with Gasteiger partial charge in [0.1, 0.15) is 4.60 Å². The van der Waals surface area contributed by atoms with Gasteiger partial charge in [0.2, 0.25) is 0 Å². The standard InChI is InChI=1S/C7H6BrF3N4O/c8-5-2(7(9,10)11)1-3(12)4(14-5)6(16)15-13/h1H,12-13H2,(H,15,16). The first-order valence-electron chi connectivity index (χ1n) is 3.81. The number of nitrogen functional groups attached to an aromatic ring is 2. The number of nitrogens with one attached hydrogen (secondary N) is 1. The molecule has 1 aromatic heterocycles. The van der Waals surface area contributed by atoms with Crippen LogP contribution in [0.2, 0.25) is 0 Å². The van der Waals surface area contributed by atoms with Crippen molar-refractivity contribution < 1.29 is 18.0 Å². The smallest absolute Gasteiger partial charge is 0.397 e. The summed E-state index contributed by atoms with van der Waals surface area (Å²) in [6, 6.07) is 0.613. The summed E-state index contributed by atoms with van der Waals surface area (Å²) in [4.78, 5) is 14.5. The number of hydrogen-bond donors (Lipinski definition) is 3. The van der Waals surface area contributed by atoms with E-state index in [4.69, 9.17) is 11.6 Å². The van der Waals surface area contributed by atoms with Crippen molar-refractivity contribution in [3.63, 3.8) is 0 Å². The normalized spacial score (nSPS) is 11.3. The van der Waals surface area contributed by atoms with Crippen LogP contribution in [0, 0.1) is 0 Å². The number of rotatable bonds is 1. The summed E-state index contributed by atoms with van der Waals surface area (Å²) < 4.78 is 36.7. The molecule has 0 fully saturated rings. The van der Waals surface area contributed by atoms with Crippen molar-refractivity contribution in [3.8, 4) is 0 Å². The van der Waals surface area contributed by atoms with Gasteiger partial charge in [-0.25, -0.2) is 10.8 Å². The lowest BCUT2D eigenvalue weighted by atomic mass is 10.2. The van der Waals surface area contributed by atoms with Gasteiger partial charge in [0.25, 0.3) is 5.91 Å². The van der Waals surface area contributed by atoms with Gasteiger partial charge in [-0.15, -0.1) is 0 Å². The van der Waals surface area contributed by atoms with Crippen molar-refractivity contribution in [2.45, 2.75) is 6.18 Å². The van der Waals surface area contributed by atoms with Crippen molar-refractivity contribution in [2.24, 2.45) is 5.84 Å². The zero-order valence-corrected chi connectivity index (χ0v) is 9.19. The highest BCUT2D eigenvalue weighted by Gasteiger charge is 2.35. The summed E-state index contributed by atoms with van der Waals surface area (Å²) in [5.74, 6) is 3.95. The molecule has 0 aromatic carbocycles. The van der Waals surface area contributed by atoms with E-state index >= 15 is 0 Å². The number of carbonyl (C=O) groups is 1. The van der Waals surface area contributed by atoms with Crippen molar-refractivity contribution >= 4 is 27.5 Å². The van der Waals surface area contributed by atoms with Gasteiger partial charge in [-0.3, -0.25) is 10.2 Å². The summed E-state index contributed by atoms with van der Waals surface area (Å²) >= 11 is 2.61. The lowest BCUT2D eigenvalue weighted by Gasteiger charge is -2.11. The molecule has 0 bridgehead atoms. The van der Waals surface area contributed by atoms with Crippen LogP contribution in [-0.4, -0.2) is 10.9 Å². The van der Waals surface area contributed by atoms with Gasteiger partial charge < -0.3 is 5.73 Å². The van der Waals surface area contributed by atoms with Crippen LogP contribution in [0.1, 0.15) is 16.1 Å². The summed E-state index contributed by atoms with van der Waals surface area (Å²) in [5, 5.41) is 0. The number of halogens is 4. The molecule has 0 aliphatic carbocycles. The molecule has 16 heavy (non-hydrogen) atoms. The molecule has 5 N–H and O–H groups in total. The Hall–Kier alpha value is -1.35. The molecule has 0 aliphatic rings. The maximum absolute atomic E-state index is 12.4. The highest BCUT2D eigenvalue weighted by atomic mass is 79.9. The molecule has 9 heteroatoms. The maximum atomic E-state index is 12.4. The Morgan fingerprint density at radius 1 is 1.50 bits per heavy atom. The molecule has 0 aliphatic heterocycles.